The van der Waals surface area contributed by atoms with Crippen LogP contribution in [-0.2, 0) is 0 Å². The van der Waals surface area contributed by atoms with Crippen molar-refractivity contribution in [1.29, 1.82) is 5.26 Å². The number of hydrogen-bond donors (Lipinski definition) is 2. The molecule has 0 fully saturated rings. The molecule has 0 aromatic heterocycles. The minimum atomic E-state index is 0.659. The van der Waals surface area contributed by atoms with Gasteiger partial charge in [0.2, 0.25) is 5.96 Å². The van der Waals surface area contributed by atoms with Crippen molar-refractivity contribution in [3.8, 4) is 6.19 Å². The summed E-state index contributed by atoms with van der Waals surface area (Å²) in [6.07, 6.45) is 4.17. The minimum absolute atomic E-state index is 0.659. The van der Waals surface area contributed by atoms with Crippen LogP contribution in [0, 0.1) is 17.4 Å². The molecule has 0 saturated carbocycles. The maximum absolute atomic E-state index is 8.67. The van der Waals surface area contributed by atoms with Crippen molar-refractivity contribution < 1.29 is 0 Å². The van der Waals surface area contributed by atoms with Gasteiger partial charge in [-0.15, -0.1) is 0 Å². The van der Waals surface area contributed by atoms with E-state index >= 15 is 0 Å². The molecule has 0 spiro atoms. The number of rotatable bonds is 7. The van der Waals surface area contributed by atoms with Gasteiger partial charge >= 0.3 is 0 Å². The summed E-state index contributed by atoms with van der Waals surface area (Å²) in [7, 11) is 3.84. The van der Waals surface area contributed by atoms with Crippen molar-refractivity contribution in [2.75, 3.05) is 33.7 Å². The number of nitriles is 1. The second kappa shape index (κ2) is 14.8. The van der Waals surface area contributed by atoms with Crippen molar-refractivity contribution in [2.24, 2.45) is 10.9 Å². The lowest BCUT2D eigenvalue weighted by Crippen LogP contribution is -2.40. The molecule has 2 N–H and O–H groups in total. The van der Waals surface area contributed by atoms with Gasteiger partial charge in [0.05, 0.1) is 0 Å². The zero-order valence-electron chi connectivity index (χ0n) is 13.5. The Hall–Kier alpha value is -1.28. The summed E-state index contributed by atoms with van der Waals surface area (Å²) < 4.78 is 0. The fraction of sp³-hybridized carbons (Fsp3) is 0.857. The summed E-state index contributed by atoms with van der Waals surface area (Å²) in [5.74, 6) is 1.37. The van der Waals surface area contributed by atoms with Crippen LogP contribution in [0.5, 0.6) is 0 Å². The number of likely N-dealkylation sites (N-methyl/N-ethyl adjacent to an activating group) is 2. The topological polar surface area (TPSA) is 63.4 Å². The van der Waals surface area contributed by atoms with Gasteiger partial charge < -0.3 is 10.2 Å². The van der Waals surface area contributed by atoms with Gasteiger partial charge in [0.15, 0.2) is 6.19 Å². The first-order valence-corrected chi connectivity index (χ1v) is 7.17. The average molecular weight is 269 g/mol. The molecule has 19 heavy (non-hydrogen) atoms. The average Bonchev–Trinajstić information content (AvgIpc) is 2.41. The largest absolute Gasteiger partial charge is 0.344 e. The monoisotopic (exact) mass is 269 g/mol. The molecule has 0 atom stereocenters. The van der Waals surface area contributed by atoms with E-state index in [0.717, 1.165) is 26.1 Å². The van der Waals surface area contributed by atoms with E-state index in [0.29, 0.717) is 11.9 Å². The van der Waals surface area contributed by atoms with Crippen molar-refractivity contribution in [3.63, 3.8) is 0 Å². The predicted molar refractivity (Wildman–Crippen MR) is 83.0 cm³/mol. The standard InChI is InChI=1S/C12H25N5.C2H6/c1-11(2)6-5-7-15-12(16-10-13)17(4)9-8-14-3;1-2/h11,14H,5-9H2,1-4H3,(H,15,16);1-2H3. The second-order valence-corrected chi connectivity index (χ2v) is 4.50. The van der Waals surface area contributed by atoms with Crippen LogP contribution in [0.15, 0.2) is 4.99 Å². The molecule has 0 aliphatic carbocycles. The maximum Gasteiger partial charge on any atom is 0.207 e. The maximum atomic E-state index is 8.67. The highest BCUT2D eigenvalue weighted by Gasteiger charge is 2.04. The highest BCUT2D eigenvalue weighted by atomic mass is 15.3. The first-order chi connectivity index (χ1) is 9.11. The van der Waals surface area contributed by atoms with Gasteiger partial charge in [-0.1, -0.05) is 27.7 Å². The van der Waals surface area contributed by atoms with E-state index in [4.69, 9.17) is 5.26 Å². The summed E-state index contributed by atoms with van der Waals surface area (Å²) in [4.78, 5) is 6.37. The Kier molecular flexibility index (Phi) is 15.6. The third-order valence-electron chi connectivity index (χ3n) is 2.43. The Morgan fingerprint density at radius 1 is 1.37 bits per heavy atom. The fourth-order valence-electron chi connectivity index (χ4n) is 1.38. The molecule has 0 amide bonds. The summed E-state index contributed by atoms with van der Waals surface area (Å²) in [6.45, 7) is 10.9. The summed E-state index contributed by atoms with van der Waals surface area (Å²) in [5.41, 5.74) is 0. The van der Waals surface area contributed by atoms with Gasteiger partial charge in [0.25, 0.3) is 0 Å². The molecule has 0 radical (unpaired) electrons. The molecule has 0 bridgehead atoms. The molecule has 0 aromatic rings. The van der Waals surface area contributed by atoms with Crippen LogP contribution in [0.1, 0.15) is 40.5 Å². The van der Waals surface area contributed by atoms with Crippen molar-refractivity contribution in [1.82, 2.24) is 15.5 Å². The Balaban J connectivity index is 0. The molecule has 0 heterocycles. The summed E-state index contributed by atoms with van der Waals surface area (Å²) >= 11 is 0. The molecule has 5 heteroatoms. The number of nitrogens with zero attached hydrogens (tertiary/aromatic N) is 3. The zero-order valence-corrected chi connectivity index (χ0v) is 13.5. The minimum Gasteiger partial charge on any atom is -0.344 e. The van der Waals surface area contributed by atoms with Gasteiger partial charge in [-0.25, -0.2) is 0 Å². The highest BCUT2D eigenvalue weighted by molar-refractivity contribution is 5.81. The molecule has 0 rings (SSSR count). The van der Waals surface area contributed by atoms with E-state index in [-0.39, 0.29) is 0 Å². The van der Waals surface area contributed by atoms with Crippen molar-refractivity contribution in [2.45, 2.75) is 40.5 Å². The van der Waals surface area contributed by atoms with Crippen LogP contribution in [0.4, 0.5) is 0 Å². The lowest BCUT2D eigenvalue weighted by atomic mass is 10.1. The van der Waals surface area contributed by atoms with Crippen LogP contribution in [0.25, 0.3) is 0 Å². The molecule has 0 aromatic carbocycles. The summed E-state index contributed by atoms with van der Waals surface area (Å²) in [5, 5.41) is 14.4. The van der Waals surface area contributed by atoms with Crippen LogP contribution in [-0.4, -0.2) is 44.6 Å². The van der Waals surface area contributed by atoms with E-state index in [1.54, 1.807) is 0 Å². The molecule has 0 aliphatic heterocycles. The highest BCUT2D eigenvalue weighted by Crippen LogP contribution is 2.03. The first-order valence-electron chi connectivity index (χ1n) is 7.17. The van der Waals surface area contributed by atoms with Crippen LogP contribution in [0.2, 0.25) is 0 Å². The van der Waals surface area contributed by atoms with Gasteiger partial charge in [-0.2, -0.15) is 5.26 Å². The van der Waals surface area contributed by atoms with Crippen molar-refractivity contribution in [3.05, 3.63) is 0 Å². The lowest BCUT2D eigenvalue weighted by molar-refractivity contribution is 0.479. The predicted octanol–water partition coefficient (Wildman–Crippen LogP) is 2.03. The third kappa shape index (κ3) is 13.0. The third-order valence-corrected chi connectivity index (χ3v) is 2.43. The molecule has 5 nitrogen and oxygen atoms in total. The molecule has 0 unspecified atom stereocenters. The van der Waals surface area contributed by atoms with E-state index in [1.807, 2.05) is 39.0 Å². The number of hydrogen-bond acceptors (Lipinski definition) is 3. The molecular formula is C14H31N5. The van der Waals surface area contributed by atoms with E-state index < -0.39 is 0 Å². The normalized spacial score (nSPS) is 10.5. The Bertz CT molecular complexity index is 255. The Labute approximate surface area is 119 Å². The van der Waals surface area contributed by atoms with Gasteiger partial charge in [-0.05, 0) is 25.8 Å². The first kappa shape index (κ1) is 20.0. The van der Waals surface area contributed by atoms with Crippen LogP contribution < -0.4 is 10.6 Å². The number of nitrogens with one attached hydrogen (secondary N) is 2. The molecule has 0 saturated heterocycles. The SMILES string of the molecule is CC.CNCCN(C)C(=NCCCC(C)C)NC#N. The quantitative estimate of drug-likeness (QED) is 0.244. The lowest BCUT2D eigenvalue weighted by Gasteiger charge is -2.19. The zero-order chi connectivity index (χ0) is 15.1. The van der Waals surface area contributed by atoms with Gasteiger partial charge in [0.1, 0.15) is 0 Å². The number of aliphatic imine (C=N–C) groups is 1. The second-order valence-electron chi connectivity index (χ2n) is 4.50. The molecular weight excluding hydrogens is 238 g/mol. The summed E-state index contributed by atoms with van der Waals surface area (Å²) in [6, 6.07) is 0. The van der Waals surface area contributed by atoms with Crippen LogP contribution >= 0.6 is 0 Å². The molecule has 112 valence electrons. The van der Waals surface area contributed by atoms with E-state index in [1.165, 1.54) is 6.42 Å². The fourth-order valence-corrected chi connectivity index (χ4v) is 1.38. The Morgan fingerprint density at radius 2 is 2.00 bits per heavy atom. The van der Waals surface area contributed by atoms with E-state index in [2.05, 4.69) is 29.5 Å². The van der Waals surface area contributed by atoms with Crippen LogP contribution in [0.3, 0.4) is 0 Å². The van der Waals surface area contributed by atoms with E-state index in [9.17, 15) is 0 Å². The van der Waals surface area contributed by atoms with Crippen molar-refractivity contribution >= 4 is 5.96 Å². The van der Waals surface area contributed by atoms with Gasteiger partial charge in [-0.3, -0.25) is 10.3 Å². The number of guanidine groups is 1. The molecule has 0 aliphatic rings. The Morgan fingerprint density at radius 3 is 2.47 bits per heavy atom. The van der Waals surface area contributed by atoms with Gasteiger partial charge in [0, 0.05) is 26.7 Å². The smallest absolute Gasteiger partial charge is 0.207 e.